The van der Waals surface area contributed by atoms with Gasteiger partial charge in [0.25, 0.3) is 0 Å². The molecule has 0 aromatic heterocycles. The summed E-state index contributed by atoms with van der Waals surface area (Å²) in [4.78, 5) is 22.7. The van der Waals surface area contributed by atoms with E-state index >= 15 is 0 Å². The molecule has 0 aromatic rings. The van der Waals surface area contributed by atoms with E-state index in [2.05, 4.69) is 10.6 Å². The highest BCUT2D eigenvalue weighted by Crippen LogP contribution is 2.12. The SMILES string of the molecule is CCCCOC(=O)CNCC(C)(C)C(=O)NC. The second-order valence-corrected chi connectivity index (χ2v) is 4.64. The summed E-state index contributed by atoms with van der Waals surface area (Å²) < 4.78 is 4.98. The fourth-order valence-electron chi connectivity index (χ4n) is 1.28. The lowest BCUT2D eigenvalue weighted by Crippen LogP contribution is -2.43. The fraction of sp³-hybridized carbons (Fsp3) is 0.833. The number of carbonyl (C=O) groups excluding carboxylic acids is 2. The molecule has 100 valence electrons. The van der Waals surface area contributed by atoms with E-state index in [-0.39, 0.29) is 18.4 Å². The molecular formula is C12H24N2O3. The summed E-state index contributed by atoms with van der Waals surface area (Å²) in [5.74, 6) is -0.324. The lowest BCUT2D eigenvalue weighted by atomic mass is 9.92. The first-order valence-corrected chi connectivity index (χ1v) is 6.02. The van der Waals surface area contributed by atoms with Gasteiger partial charge in [0.05, 0.1) is 18.6 Å². The van der Waals surface area contributed by atoms with Crippen LogP contribution in [0.5, 0.6) is 0 Å². The van der Waals surface area contributed by atoms with E-state index in [0.717, 1.165) is 12.8 Å². The zero-order chi connectivity index (χ0) is 13.3. The van der Waals surface area contributed by atoms with Crippen molar-refractivity contribution in [1.29, 1.82) is 0 Å². The first kappa shape index (κ1) is 15.9. The summed E-state index contributed by atoms with van der Waals surface area (Å²) in [5.41, 5.74) is -0.529. The molecule has 17 heavy (non-hydrogen) atoms. The average Bonchev–Trinajstić information content (AvgIpc) is 2.28. The highest BCUT2D eigenvalue weighted by atomic mass is 16.5. The molecule has 1 amide bonds. The van der Waals surface area contributed by atoms with Gasteiger partial charge < -0.3 is 15.4 Å². The zero-order valence-corrected chi connectivity index (χ0v) is 11.3. The third kappa shape index (κ3) is 6.94. The Hall–Kier alpha value is -1.10. The van der Waals surface area contributed by atoms with Crippen molar-refractivity contribution in [2.45, 2.75) is 33.6 Å². The monoisotopic (exact) mass is 244 g/mol. The van der Waals surface area contributed by atoms with Gasteiger partial charge in [0.15, 0.2) is 0 Å². The molecule has 0 unspecified atom stereocenters. The smallest absolute Gasteiger partial charge is 0.319 e. The molecule has 2 N–H and O–H groups in total. The van der Waals surface area contributed by atoms with Gasteiger partial charge >= 0.3 is 5.97 Å². The molecule has 0 radical (unpaired) electrons. The maximum atomic E-state index is 11.5. The molecule has 0 heterocycles. The van der Waals surface area contributed by atoms with Crippen LogP contribution in [0.25, 0.3) is 0 Å². The van der Waals surface area contributed by atoms with Gasteiger partial charge in [0.2, 0.25) is 5.91 Å². The number of amides is 1. The molecule has 5 heteroatoms. The van der Waals surface area contributed by atoms with Gasteiger partial charge in [0, 0.05) is 13.6 Å². The molecule has 0 bridgehead atoms. The number of esters is 1. The van der Waals surface area contributed by atoms with Crippen molar-refractivity contribution < 1.29 is 14.3 Å². The van der Waals surface area contributed by atoms with E-state index in [4.69, 9.17) is 4.74 Å². The van der Waals surface area contributed by atoms with Crippen LogP contribution in [0.15, 0.2) is 0 Å². The van der Waals surface area contributed by atoms with Crippen molar-refractivity contribution in [1.82, 2.24) is 10.6 Å². The first-order chi connectivity index (χ1) is 7.94. The number of hydrogen-bond acceptors (Lipinski definition) is 4. The van der Waals surface area contributed by atoms with Crippen molar-refractivity contribution >= 4 is 11.9 Å². The largest absolute Gasteiger partial charge is 0.465 e. The zero-order valence-electron chi connectivity index (χ0n) is 11.3. The van der Waals surface area contributed by atoms with E-state index in [1.165, 1.54) is 0 Å². The molecule has 0 spiro atoms. The predicted molar refractivity (Wildman–Crippen MR) is 66.6 cm³/mol. The van der Waals surface area contributed by atoms with E-state index in [1.54, 1.807) is 7.05 Å². The standard InChI is InChI=1S/C12H24N2O3/c1-5-6-7-17-10(15)8-14-9-12(2,3)11(16)13-4/h14H,5-9H2,1-4H3,(H,13,16). The Morgan fingerprint density at radius 1 is 1.29 bits per heavy atom. The highest BCUT2D eigenvalue weighted by molar-refractivity contribution is 5.81. The highest BCUT2D eigenvalue weighted by Gasteiger charge is 2.26. The summed E-state index contributed by atoms with van der Waals surface area (Å²) >= 11 is 0. The van der Waals surface area contributed by atoms with Crippen molar-refractivity contribution in [2.24, 2.45) is 5.41 Å². The van der Waals surface area contributed by atoms with E-state index < -0.39 is 5.41 Å². The number of unbranched alkanes of at least 4 members (excludes halogenated alkanes) is 1. The minimum atomic E-state index is -0.529. The van der Waals surface area contributed by atoms with Crippen LogP contribution in [0.2, 0.25) is 0 Å². The second-order valence-electron chi connectivity index (χ2n) is 4.64. The molecule has 0 aliphatic heterocycles. The van der Waals surface area contributed by atoms with Crippen LogP contribution in [0.3, 0.4) is 0 Å². The van der Waals surface area contributed by atoms with Gasteiger partial charge in [-0.3, -0.25) is 9.59 Å². The van der Waals surface area contributed by atoms with Gasteiger partial charge in [0.1, 0.15) is 0 Å². The molecule has 0 saturated heterocycles. The molecular weight excluding hydrogens is 220 g/mol. The Morgan fingerprint density at radius 3 is 2.47 bits per heavy atom. The lowest BCUT2D eigenvalue weighted by molar-refractivity contribution is -0.143. The third-order valence-electron chi connectivity index (χ3n) is 2.44. The van der Waals surface area contributed by atoms with Crippen LogP contribution in [-0.4, -0.2) is 38.6 Å². The second kappa shape index (κ2) is 8.06. The van der Waals surface area contributed by atoms with Crippen LogP contribution in [0.1, 0.15) is 33.6 Å². The Kier molecular flexibility index (Phi) is 7.54. The molecule has 0 aliphatic rings. The van der Waals surface area contributed by atoms with E-state index in [0.29, 0.717) is 13.2 Å². The number of rotatable bonds is 8. The summed E-state index contributed by atoms with van der Waals surface area (Å²) in [5, 5.41) is 5.52. The number of ether oxygens (including phenoxy) is 1. The summed E-state index contributed by atoms with van der Waals surface area (Å²) in [6, 6.07) is 0. The molecule has 0 aliphatic carbocycles. The van der Waals surface area contributed by atoms with Crippen LogP contribution in [0.4, 0.5) is 0 Å². The summed E-state index contributed by atoms with van der Waals surface area (Å²) in [6.07, 6.45) is 1.89. The van der Waals surface area contributed by atoms with Gasteiger partial charge in [-0.1, -0.05) is 13.3 Å². The maximum absolute atomic E-state index is 11.5. The number of nitrogens with one attached hydrogen (secondary N) is 2. The van der Waals surface area contributed by atoms with E-state index in [9.17, 15) is 9.59 Å². The Labute approximate surface area is 103 Å². The van der Waals surface area contributed by atoms with Gasteiger partial charge in [-0.15, -0.1) is 0 Å². The van der Waals surface area contributed by atoms with Crippen LogP contribution >= 0.6 is 0 Å². The van der Waals surface area contributed by atoms with Crippen LogP contribution in [-0.2, 0) is 14.3 Å². The topological polar surface area (TPSA) is 67.4 Å². The van der Waals surface area contributed by atoms with Gasteiger partial charge in [-0.05, 0) is 20.3 Å². The van der Waals surface area contributed by atoms with Crippen molar-refractivity contribution in [3.05, 3.63) is 0 Å². The molecule has 0 atom stereocenters. The maximum Gasteiger partial charge on any atom is 0.319 e. The Morgan fingerprint density at radius 2 is 1.94 bits per heavy atom. The minimum Gasteiger partial charge on any atom is -0.465 e. The Balaban J connectivity index is 3.75. The average molecular weight is 244 g/mol. The molecule has 0 fully saturated rings. The van der Waals surface area contributed by atoms with Gasteiger partial charge in [-0.2, -0.15) is 0 Å². The van der Waals surface area contributed by atoms with Crippen LogP contribution in [0, 0.1) is 5.41 Å². The van der Waals surface area contributed by atoms with Gasteiger partial charge in [-0.25, -0.2) is 0 Å². The molecule has 0 saturated carbocycles. The van der Waals surface area contributed by atoms with Crippen molar-refractivity contribution in [3.8, 4) is 0 Å². The quantitative estimate of drug-likeness (QED) is 0.487. The molecule has 5 nitrogen and oxygen atoms in total. The summed E-state index contributed by atoms with van der Waals surface area (Å²) in [6.45, 7) is 6.73. The minimum absolute atomic E-state index is 0.0515. The molecule has 0 aromatic carbocycles. The van der Waals surface area contributed by atoms with E-state index in [1.807, 2.05) is 20.8 Å². The third-order valence-corrected chi connectivity index (χ3v) is 2.44. The number of hydrogen-bond donors (Lipinski definition) is 2. The fourth-order valence-corrected chi connectivity index (χ4v) is 1.28. The summed E-state index contributed by atoms with van der Waals surface area (Å²) in [7, 11) is 1.60. The normalized spacial score (nSPS) is 11.1. The van der Waals surface area contributed by atoms with Crippen LogP contribution < -0.4 is 10.6 Å². The van der Waals surface area contributed by atoms with Crippen molar-refractivity contribution in [2.75, 3.05) is 26.7 Å². The first-order valence-electron chi connectivity index (χ1n) is 6.02. The molecule has 0 rings (SSSR count). The Bertz CT molecular complexity index is 252. The lowest BCUT2D eigenvalue weighted by Gasteiger charge is -2.22. The number of carbonyl (C=O) groups is 2. The predicted octanol–water partition coefficient (Wildman–Crippen LogP) is 0.692. The van der Waals surface area contributed by atoms with Crippen molar-refractivity contribution in [3.63, 3.8) is 0 Å².